The molecule has 0 amide bonds. The molecule has 2 aliphatic rings. The maximum Gasteiger partial charge on any atom is 1.00 e. The van der Waals surface area contributed by atoms with E-state index in [-0.39, 0.29) is 49.2 Å². The molecule has 0 spiro atoms. The third-order valence-corrected chi connectivity index (χ3v) is 13.0. The number of aliphatic hydroxyl groups excluding tert-OH is 1. The first-order valence-corrected chi connectivity index (χ1v) is 25.1. The second-order valence-electron chi connectivity index (χ2n) is 15.3. The second-order valence-corrected chi connectivity index (χ2v) is 17.9. The smallest absolute Gasteiger partial charge is 1.00 e. The summed E-state index contributed by atoms with van der Waals surface area (Å²) >= 11 is 39.8. The van der Waals surface area contributed by atoms with Crippen LogP contribution in [0.2, 0.25) is 30.1 Å². The van der Waals surface area contributed by atoms with E-state index in [1.165, 1.54) is 11.1 Å². The largest absolute Gasteiger partial charge is 1.00 e. The fourth-order valence-electron chi connectivity index (χ4n) is 8.20. The molecule has 14 heteroatoms. The van der Waals surface area contributed by atoms with Crippen LogP contribution in [-0.4, -0.2) is 79.3 Å². The number of nitrogens with zero attached hydrogens (tertiary/aromatic N) is 4. The molecule has 6 aromatic rings. The van der Waals surface area contributed by atoms with Crippen LogP contribution in [0, 0.1) is 0 Å². The molecule has 0 saturated carbocycles. The molecule has 4 atom stereocenters. The molecule has 0 bridgehead atoms. The summed E-state index contributed by atoms with van der Waals surface area (Å²) in [5.41, 5.74) is 6.44. The molecule has 2 fully saturated rings. The van der Waals surface area contributed by atoms with Crippen molar-refractivity contribution in [2.45, 2.75) is 24.3 Å². The van der Waals surface area contributed by atoms with Crippen molar-refractivity contribution in [3.63, 3.8) is 0 Å². The van der Waals surface area contributed by atoms with Gasteiger partial charge >= 0.3 is 29.6 Å². The summed E-state index contributed by atoms with van der Waals surface area (Å²) in [6.45, 7) is 6.40. The number of halogens is 7. The van der Waals surface area contributed by atoms with Crippen LogP contribution < -0.4 is 39.4 Å². The van der Waals surface area contributed by atoms with Crippen molar-refractivity contribution in [3.05, 3.63) is 198 Å². The Bertz CT molecular complexity index is 2330. The van der Waals surface area contributed by atoms with Gasteiger partial charge in [-0.3, -0.25) is 9.80 Å². The van der Waals surface area contributed by atoms with Crippen LogP contribution in [0.15, 0.2) is 146 Å². The number of hydrogen-bond donors (Lipinski definition) is 1. The van der Waals surface area contributed by atoms with Crippen molar-refractivity contribution in [2.75, 3.05) is 74.2 Å². The van der Waals surface area contributed by atoms with E-state index in [4.69, 9.17) is 74.3 Å². The Hall–Kier alpha value is -1.77. The molecule has 0 aromatic heterocycles. The van der Waals surface area contributed by atoms with Crippen molar-refractivity contribution >= 4 is 104 Å². The molecule has 1 N–H and O–H groups in total. The number of aliphatic hydroxyl groups is 1. The van der Waals surface area contributed by atoms with E-state index in [9.17, 15) is 5.11 Å². The number of rotatable bonds is 11. The van der Waals surface area contributed by atoms with Gasteiger partial charge < -0.3 is 21.1 Å². The molecule has 64 heavy (non-hydrogen) atoms. The van der Waals surface area contributed by atoms with Gasteiger partial charge in [-0.1, -0.05) is 177 Å². The number of piperazine rings is 2. The average Bonchev–Trinajstić information content (AvgIpc) is 3.30. The fourth-order valence-corrected chi connectivity index (χ4v) is 9.49. The van der Waals surface area contributed by atoms with Crippen molar-refractivity contribution < 1.29 is 40.8 Å². The number of ether oxygens (including phenoxy) is 1. The summed E-state index contributed by atoms with van der Waals surface area (Å²) in [6, 6.07) is 47.7. The summed E-state index contributed by atoms with van der Waals surface area (Å²) in [4.78, 5) is 11.4. The van der Waals surface area contributed by atoms with Crippen molar-refractivity contribution in [1.82, 2.24) is 9.80 Å². The van der Waals surface area contributed by atoms with Crippen LogP contribution in [0.25, 0.3) is 0 Å². The summed E-state index contributed by atoms with van der Waals surface area (Å²) < 4.78 is 5.83. The summed E-state index contributed by atoms with van der Waals surface area (Å²) in [7, 11) is 1.78. The minimum atomic E-state index is -0.525. The van der Waals surface area contributed by atoms with Crippen LogP contribution in [0.5, 0.6) is 0 Å². The number of β-amino-alcohol motifs (C(OH)–C–C–N with tert-alkyl or cyclic N) is 1. The van der Waals surface area contributed by atoms with Crippen molar-refractivity contribution in [1.29, 1.82) is 0 Å². The van der Waals surface area contributed by atoms with E-state index in [0.717, 1.165) is 73.3 Å². The van der Waals surface area contributed by atoms with Gasteiger partial charge in [-0.05, 0) is 87.8 Å². The standard InChI is InChI=1S/C25H25Cl3N2O.C24H23Cl3N2O.CH3I.Na.H/c1-31-25(19-5-3-2-4-6-19)17-29-13-14-30(23-12-11-21(27)15-22(23)28)24(16-29)18-7-9-20(26)10-8-18;25-19-8-6-17(7-9-19)23-15-28(16-24(30)18-4-2-1-3-5-18)12-13-29(23)22-11-10-20(26)14-21(22)27;1-2;;/h2-12,15,24-25H,13-14,16-17H2,1H3;1-11,14,23-24,30H,12-13,15-16H2;1H3;;/q;;;+1;-1/t24-,25+;23-,24+;;;/m00.../s1. The van der Waals surface area contributed by atoms with Crippen molar-refractivity contribution in [2.24, 2.45) is 0 Å². The molecule has 0 aliphatic carbocycles. The molecule has 2 heterocycles. The van der Waals surface area contributed by atoms with Gasteiger partial charge in [-0.15, -0.1) is 0 Å². The molecule has 0 unspecified atom stereocenters. The first-order valence-electron chi connectivity index (χ1n) is 20.6. The predicted octanol–water partition coefficient (Wildman–Crippen LogP) is 11.3. The van der Waals surface area contributed by atoms with E-state index in [1.54, 1.807) is 19.2 Å². The maximum atomic E-state index is 10.7. The minimum absolute atomic E-state index is 0. The first-order chi connectivity index (χ1) is 30.6. The molecular weight excluding hydrogens is 1050 g/mol. The molecule has 2 saturated heterocycles. The second kappa shape index (κ2) is 26.7. The zero-order valence-corrected chi connectivity index (χ0v) is 44.8. The Balaban J connectivity index is 0.000000266. The third kappa shape index (κ3) is 14.6. The van der Waals surface area contributed by atoms with Crippen LogP contribution >= 0.6 is 92.2 Å². The van der Waals surface area contributed by atoms with E-state index < -0.39 is 6.10 Å². The quantitative estimate of drug-likeness (QED) is 0.0792. The van der Waals surface area contributed by atoms with Gasteiger partial charge in [-0.25, -0.2) is 0 Å². The van der Waals surface area contributed by atoms with Gasteiger partial charge in [0.05, 0.1) is 45.7 Å². The molecule has 334 valence electrons. The van der Waals surface area contributed by atoms with Gasteiger partial charge in [0.25, 0.3) is 0 Å². The topological polar surface area (TPSA) is 42.4 Å². The fraction of sp³-hybridized carbons (Fsp3) is 0.280. The number of methoxy groups -OCH3 is 1. The first kappa shape index (κ1) is 53.2. The van der Waals surface area contributed by atoms with Crippen LogP contribution in [-0.2, 0) is 4.74 Å². The SMILES string of the molecule is CI.CO[C@H](CN1CCN(c2ccc(Cl)cc2Cl)[C@H](c2ccc(Cl)cc2)C1)c1ccccc1.O[C@H](CN1CCN(c2ccc(Cl)cc2Cl)[C@H](c2ccc(Cl)cc2)C1)c1ccccc1.[H-].[Na+]. The molecule has 8 rings (SSSR count). The van der Waals surface area contributed by atoms with Crippen LogP contribution in [0.3, 0.4) is 0 Å². The van der Waals surface area contributed by atoms with Gasteiger partial charge in [0.2, 0.25) is 0 Å². The Kier molecular flexibility index (Phi) is 22.2. The summed E-state index contributed by atoms with van der Waals surface area (Å²) in [5, 5.41) is 14.7. The van der Waals surface area contributed by atoms with Gasteiger partial charge in [-0.2, -0.15) is 0 Å². The molecule has 2 aliphatic heterocycles. The third-order valence-electron chi connectivity index (χ3n) is 11.4. The molecular formula is C50H52Cl6IN4NaO2. The number of alkyl halides is 1. The molecule has 0 radical (unpaired) electrons. The average molecular weight is 1100 g/mol. The number of benzene rings is 6. The van der Waals surface area contributed by atoms with Gasteiger partial charge in [0.15, 0.2) is 0 Å². The van der Waals surface area contributed by atoms with Crippen LogP contribution in [0.4, 0.5) is 11.4 Å². The normalized spacial score (nSPS) is 17.5. The van der Waals surface area contributed by atoms with Crippen LogP contribution in [0.1, 0.15) is 48.0 Å². The summed E-state index contributed by atoms with van der Waals surface area (Å²) in [5.74, 6) is 0. The maximum absolute atomic E-state index is 10.7. The van der Waals surface area contributed by atoms with Gasteiger partial charge in [0, 0.05) is 79.6 Å². The predicted molar refractivity (Wildman–Crippen MR) is 278 cm³/mol. The Labute approximate surface area is 446 Å². The zero-order valence-electron chi connectivity index (χ0n) is 37.1. The number of hydrogen-bond acceptors (Lipinski definition) is 6. The van der Waals surface area contributed by atoms with Gasteiger partial charge in [0.1, 0.15) is 0 Å². The number of anilines is 2. The monoisotopic (exact) mass is 1100 g/mol. The summed E-state index contributed by atoms with van der Waals surface area (Å²) in [6.07, 6.45) is -0.500. The zero-order chi connectivity index (χ0) is 44.9. The molecule has 6 nitrogen and oxygen atoms in total. The Morgan fingerprint density at radius 3 is 1.34 bits per heavy atom. The van der Waals surface area contributed by atoms with E-state index >= 15 is 0 Å². The Morgan fingerprint density at radius 2 is 0.938 bits per heavy atom. The molecule has 6 aromatic carbocycles. The van der Waals surface area contributed by atoms with Crippen molar-refractivity contribution in [3.8, 4) is 0 Å². The Morgan fingerprint density at radius 1 is 0.547 bits per heavy atom. The minimum Gasteiger partial charge on any atom is -1.00 e. The van der Waals surface area contributed by atoms with E-state index in [2.05, 4.69) is 90.7 Å². The van der Waals surface area contributed by atoms with E-state index in [1.807, 2.05) is 89.9 Å². The van der Waals surface area contributed by atoms with E-state index in [0.29, 0.717) is 31.7 Å².